The molecule has 3 rings (SSSR count). The Morgan fingerprint density at radius 2 is 2.04 bits per heavy atom. The van der Waals surface area contributed by atoms with Crippen molar-refractivity contribution in [2.45, 2.75) is 38.7 Å². The molecular weight excluding hydrogens is 390 g/mol. The third-order valence-electron chi connectivity index (χ3n) is 4.21. The molecule has 0 heterocycles. The minimum atomic E-state index is -0.583. The predicted molar refractivity (Wildman–Crippen MR) is 101 cm³/mol. The Morgan fingerprint density at radius 1 is 1.25 bits per heavy atom. The average molecular weight is 409 g/mol. The first-order valence-corrected chi connectivity index (χ1v) is 9.25. The molecule has 1 atom stereocenters. The molecule has 2 aromatic carbocycles. The van der Waals surface area contributed by atoms with Crippen molar-refractivity contribution in [1.82, 2.24) is 0 Å². The highest BCUT2D eigenvalue weighted by Gasteiger charge is 2.19. The summed E-state index contributed by atoms with van der Waals surface area (Å²) in [7, 11) is 0. The summed E-state index contributed by atoms with van der Waals surface area (Å²) in [5.41, 5.74) is 3.24. The Bertz CT molecular complexity index is 763. The Balaban J connectivity index is 1.69. The zero-order chi connectivity index (χ0) is 17.1. The normalized spacial score (nSPS) is 14.6. The van der Waals surface area contributed by atoms with Crippen LogP contribution in [0.25, 0.3) is 0 Å². The van der Waals surface area contributed by atoms with E-state index in [4.69, 9.17) is 16.3 Å². The van der Waals surface area contributed by atoms with E-state index >= 15 is 0 Å². The first kappa shape index (κ1) is 17.3. The molecule has 0 bridgehead atoms. The molecule has 0 spiro atoms. The number of fused-ring (bicyclic) bond motifs is 1. The molecule has 1 N–H and O–H groups in total. The Morgan fingerprint density at radius 3 is 2.83 bits per heavy atom. The van der Waals surface area contributed by atoms with Gasteiger partial charge in [0.15, 0.2) is 6.10 Å². The number of halogens is 2. The number of nitrogens with one attached hydrogen (secondary N) is 1. The Kier molecular flexibility index (Phi) is 5.47. The highest BCUT2D eigenvalue weighted by Crippen LogP contribution is 2.30. The Hall–Kier alpha value is -1.52. The second-order valence-electron chi connectivity index (χ2n) is 5.98. The number of carbonyl (C=O) groups excluding carboxylic acids is 1. The van der Waals surface area contributed by atoms with Gasteiger partial charge >= 0.3 is 0 Å². The molecule has 24 heavy (non-hydrogen) atoms. The summed E-state index contributed by atoms with van der Waals surface area (Å²) in [6.07, 6.45) is 3.91. The van der Waals surface area contributed by atoms with E-state index in [2.05, 4.69) is 27.3 Å². The standard InChI is InChI=1S/C19H19BrClNO2/c1-12(19(23)22-14-9-10-16(20)17(21)11-14)24-18-8-4-6-13-5-2-3-7-15(13)18/h4,6,8-12H,2-3,5,7H2,1H3,(H,22,23)/t12-/m0/s1. The lowest BCUT2D eigenvalue weighted by Crippen LogP contribution is -2.30. The molecule has 0 unspecified atom stereocenters. The maximum absolute atomic E-state index is 12.4. The zero-order valence-corrected chi connectivity index (χ0v) is 15.8. The predicted octanol–water partition coefficient (Wildman–Crippen LogP) is 5.39. The molecule has 0 saturated carbocycles. The van der Waals surface area contributed by atoms with Crippen molar-refractivity contribution >= 4 is 39.1 Å². The number of carbonyl (C=O) groups is 1. The maximum atomic E-state index is 12.4. The summed E-state index contributed by atoms with van der Waals surface area (Å²) in [5.74, 6) is 0.630. The first-order valence-electron chi connectivity index (χ1n) is 8.08. The summed E-state index contributed by atoms with van der Waals surface area (Å²) in [6, 6.07) is 11.4. The third-order valence-corrected chi connectivity index (χ3v) is 5.45. The van der Waals surface area contributed by atoms with E-state index in [1.165, 1.54) is 24.0 Å². The van der Waals surface area contributed by atoms with Crippen molar-refractivity contribution in [2.24, 2.45) is 0 Å². The Labute approximate surface area is 155 Å². The van der Waals surface area contributed by atoms with Crippen LogP contribution in [0.5, 0.6) is 5.75 Å². The summed E-state index contributed by atoms with van der Waals surface area (Å²) < 4.78 is 6.74. The molecule has 0 saturated heterocycles. The van der Waals surface area contributed by atoms with Crippen LogP contribution in [0.2, 0.25) is 5.02 Å². The van der Waals surface area contributed by atoms with Crippen molar-refractivity contribution in [3.8, 4) is 5.75 Å². The van der Waals surface area contributed by atoms with Crippen LogP contribution in [-0.4, -0.2) is 12.0 Å². The van der Waals surface area contributed by atoms with E-state index in [-0.39, 0.29) is 5.91 Å². The van der Waals surface area contributed by atoms with Gasteiger partial charge in [-0.25, -0.2) is 0 Å². The monoisotopic (exact) mass is 407 g/mol. The number of hydrogen-bond acceptors (Lipinski definition) is 2. The number of benzene rings is 2. The largest absolute Gasteiger partial charge is 0.481 e. The molecule has 1 aliphatic carbocycles. The zero-order valence-electron chi connectivity index (χ0n) is 13.4. The van der Waals surface area contributed by atoms with E-state index < -0.39 is 6.10 Å². The molecular formula is C19H19BrClNO2. The van der Waals surface area contributed by atoms with Crippen molar-refractivity contribution < 1.29 is 9.53 Å². The van der Waals surface area contributed by atoms with Crippen molar-refractivity contribution in [3.05, 3.63) is 57.0 Å². The van der Waals surface area contributed by atoms with Crippen LogP contribution in [0.3, 0.4) is 0 Å². The van der Waals surface area contributed by atoms with Crippen LogP contribution in [0.15, 0.2) is 40.9 Å². The number of anilines is 1. The molecule has 0 radical (unpaired) electrons. The fourth-order valence-corrected chi connectivity index (χ4v) is 3.35. The van der Waals surface area contributed by atoms with Gasteiger partial charge in [-0.1, -0.05) is 23.7 Å². The van der Waals surface area contributed by atoms with Gasteiger partial charge < -0.3 is 10.1 Å². The summed E-state index contributed by atoms with van der Waals surface area (Å²) in [5, 5.41) is 3.39. The van der Waals surface area contributed by atoms with Crippen LogP contribution in [-0.2, 0) is 17.6 Å². The number of amides is 1. The lowest BCUT2D eigenvalue weighted by molar-refractivity contribution is -0.122. The lowest BCUT2D eigenvalue weighted by Gasteiger charge is -2.22. The highest BCUT2D eigenvalue weighted by molar-refractivity contribution is 9.10. The fourth-order valence-electron chi connectivity index (χ4n) is 2.92. The molecule has 1 amide bonds. The van der Waals surface area contributed by atoms with Crippen LogP contribution in [0.4, 0.5) is 5.69 Å². The van der Waals surface area contributed by atoms with E-state index in [1.54, 1.807) is 25.1 Å². The van der Waals surface area contributed by atoms with E-state index in [0.717, 1.165) is 23.1 Å². The van der Waals surface area contributed by atoms with E-state index in [0.29, 0.717) is 10.7 Å². The first-order chi connectivity index (χ1) is 11.5. The van der Waals surface area contributed by atoms with Crippen molar-refractivity contribution in [2.75, 3.05) is 5.32 Å². The molecule has 2 aromatic rings. The van der Waals surface area contributed by atoms with Crippen molar-refractivity contribution in [3.63, 3.8) is 0 Å². The second-order valence-corrected chi connectivity index (χ2v) is 7.24. The molecule has 5 heteroatoms. The topological polar surface area (TPSA) is 38.3 Å². The maximum Gasteiger partial charge on any atom is 0.265 e. The van der Waals surface area contributed by atoms with Gasteiger partial charge in [-0.3, -0.25) is 4.79 Å². The summed E-state index contributed by atoms with van der Waals surface area (Å²) >= 11 is 9.39. The minimum Gasteiger partial charge on any atom is -0.481 e. The third kappa shape index (κ3) is 3.93. The van der Waals surface area contributed by atoms with Gasteiger partial charge in [0.1, 0.15) is 5.75 Å². The molecule has 0 fully saturated rings. The van der Waals surface area contributed by atoms with Crippen LogP contribution in [0.1, 0.15) is 30.9 Å². The SMILES string of the molecule is C[C@H](Oc1cccc2c1CCCC2)C(=O)Nc1ccc(Br)c(Cl)c1. The summed E-state index contributed by atoms with van der Waals surface area (Å²) in [4.78, 5) is 12.4. The van der Waals surface area contributed by atoms with Gasteiger partial charge in [0.25, 0.3) is 5.91 Å². The second kappa shape index (κ2) is 7.58. The van der Waals surface area contributed by atoms with Gasteiger partial charge in [-0.15, -0.1) is 0 Å². The molecule has 0 aliphatic heterocycles. The van der Waals surface area contributed by atoms with Gasteiger partial charge in [-0.05, 0) is 83.9 Å². The molecule has 126 valence electrons. The van der Waals surface area contributed by atoms with Crippen LogP contribution < -0.4 is 10.1 Å². The lowest BCUT2D eigenvalue weighted by atomic mass is 9.91. The summed E-state index contributed by atoms with van der Waals surface area (Å²) in [6.45, 7) is 1.76. The van der Waals surface area contributed by atoms with Gasteiger partial charge in [0, 0.05) is 10.2 Å². The van der Waals surface area contributed by atoms with Gasteiger partial charge in [0.2, 0.25) is 0 Å². The smallest absolute Gasteiger partial charge is 0.265 e. The number of aryl methyl sites for hydroxylation is 1. The quantitative estimate of drug-likeness (QED) is 0.737. The van der Waals surface area contributed by atoms with Crippen molar-refractivity contribution in [1.29, 1.82) is 0 Å². The number of hydrogen-bond donors (Lipinski definition) is 1. The molecule has 1 aliphatic rings. The minimum absolute atomic E-state index is 0.193. The highest BCUT2D eigenvalue weighted by atomic mass is 79.9. The van der Waals surface area contributed by atoms with E-state index in [9.17, 15) is 4.79 Å². The van der Waals surface area contributed by atoms with Gasteiger partial charge in [-0.2, -0.15) is 0 Å². The average Bonchev–Trinajstić information content (AvgIpc) is 2.58. The number of rotatable bonds is 4. The molecule has 0 aromatic heterocycles. The van der Waals surface area contributed by atoms with Crippen LogP contribution in [0, 0.1) is 0 Å². The molecule has 3 nitrogen and oxygen atoms in total. The van der Waals surface area contributed by atoms with Crippen LogP contribution >= 0.6 is 27.5 Å². The van der Waals surface area contributed by atoms with E-state index in [1.807, 2.05) is 12.1 Å². The number of ether oxygens (including phenoxy) is 1. The van der Waals surface area contributed by atoms with Gasteiger partial charge in [0.05, 0.1) is 5.02 Å². The fraction of sp³-hybridized carbons (Fsp3) is 0.316.